The number of nitrogens with zero attached hydrogens (tertiary/aromatic N) is 1. The Balaban J connectivity index is 2.14. The third-order valence-electron chi connectivity index (χ3n) is 4.92. The van der Waals surface area contributed by atoms with Crippen LogP contribution in [-0.2, 0) is 19.1 Å². The molecular weight excluding hydrogens is 432 g/mol. The molecule has 0 atom stereocenters. The highest BCUT2D eigenvalue weighted by Gasteiger charge is 2.36. The monoisotopic (exact) mass is 457 g/mol. The molecule has 0 fully saturated rings. The van der Waals surface area contributed by atoms with Gasteiger partial charge in [0.2, 0.25) is 0 Å². The minimum Gasteiger partial charge on any atom is -0.494 e. The van der Waals surface area contributed by atoms with E-state index in [2.05, 4.69) is 0 Å². The first-order valence-electron chi connectivity index (χ1n) is 10.6. The van der Waals surface area contributed by atoms with E-state index in [1.54, 1.807) is 43.0 Å². The third-order valence-corrected chi connectivity index (χ3v) is 4.92. The molecule has 0 aliphatic carbocycles. The van der Waals surface area contributed by atoms with Crippen molar-refractivity contribution in [2.75, 3.05) is 24.7 Å². The van der Waals surface area contributed by atoms with E-state index in [-0.39, 0.29) is 29.9 Å². The van der Waals surface area contributed by atoms with Crippen molar-refractivity contribution in [1.82, 2.24) is 0 Å². The lowest BCUT2D eigenvalue weighted by Crippen LogP contribution is -2.29. The lowest BCUT2D eigenvalue weighted by molar-refractivity contribution is -0.139. The Labute approximate surface area is 191 Å². The lowest BCUT2D eigenvalue weighted by atomic mass is 9.83. The zero-order valence-electron chi connectivity index (χ0n) is 18.6. The molecule has 6 nitrogen and oxygen atoms in total. The number of halogens is 2. The molecule has 1 aliphatic rings. The van der Waals surface area contributed by atoms with E-state index >= 15 is 0 Å². The Morgan fingerprint density at radius 2 is 1.39 bits per heavy atom. The molecule has 0 saturated heterocycles. The zero-order valence-corrected chi connectivity index (χ0v) is 18.6. The summed E-state index contributed by atoms with van der Waals surface area (Å²) in [4.78, 5) is 27.4. The highest BCUT2D eigenvalue weighted by molar-refractivity contribution is 6.00. The van der Waals surface area contributed by atoms with Gasteiger partial charge in [0.1, 0.15) is 5.75 Å². The van der Waals surface area contributed by atoms with Gasteiger partial charge in [-0.05, 0) is 62.7 Å². The van der Waals surface area contributed by atoms with Crippen molar-refractivity contribution >= 4 is 17.6 Å². The summed E-state index contributed by atoms with van der Waals surface area (Å²) in [6, 6.07) is 10.3. The summed E-state index contributed by atoms with van der Waals surface area (Å²) in [5.41, 5.74) is 1.04. The van der Waals surface area contributed by atoms with Crippen LogP contribution >= 0.6 is 0 Å². The molecule has 0 radical (unpaired) electrons. The van der Waals surface area contributed by atoms with Gasteiger partial charge in [0.25, 0.3) is 0 Å². The summed E-state index contributed by atoms with van der Waals surface area (Å²) in [7, 11) is 0. The number of anilines is 1. The van der Waals surface area contributed by atoms with E-state index in [1.165, 1.54) is 18.5 Å². The Kier molecular flexibility index (Phi) is 7.82. The molecule has 0 unspecified atom stereocenters. The Morgan fingerprint density at radius 3 is 1.88 bits per heavy atom. The second kappa shape index (κ2) is 10.8. The van der Waals surface area contributed by atoms with Gasteiger partial charge in [0, 0.05) is 18.1 Å². The van der Waals surface area contributed by atoms with E-state index in [9.17, 15) is 18.4 Å². The predicted octanol–water partition coefficient (Wildman–Crippen LogP) is 4.86. The average Bonchev–Trinajstić information content (AvgIpc) is 2.81. The van der Waals surface area contributed by atoms with Crippen molar-refractivity contribution in [2.45, 2.75) is 26.7 Å². The maximum atomic E-state index is 14.1. The first kappa shape index (κ1) is 24.0. The fourth-order valence-electron chi connectivity index (χ4n) is 3.50. The van der Waals surface area contributed by atoms with E-state index in [4.69, 9.17) is 14.2 Å². The van der Waals surface area contributed by atoms with Crippen LogP contribution in [0.15, 0.2) is 66.0 Å². The molecule has 0 N–H and O–H groups in total. The molecule has 1 aliphatic heterocycles. The average molecular weight is 457 g/mol. The van der Waals surface area contributed by atoms with Gasteiger partial charge in [-0.15, -0.1) is 0 Å². The fourth-order valence-corrected chi connectivity index (χ4v) is 3.50. The van der Waals surface area contributed by atoms with Gasteiger partial charge in [-0.3, -0.25) is 0 Å². The van der Waals surface area contributed by atoms with Crippen LogP contribution in [0.1, 0.15) is 32.3 Å². The van der Waals surface area contributed by atoms with Crippen LogP contribution < -0.4 is 9.64 Å². The van der Waals surface area contributed by atoms with Crippen molar-refractivity contribution in [3.05, 3.63) is 83.2 Å². The van der Waals surface area contributed by atoms with E-state index in [1.807, 2.05) is 6.92 Å². The topological polar surface area (TPSA) is 65.1 Å². The Hall–Kier alpha value is -3.68. The van der Waals surface area contributed by atoms with Crippen LogP contribution in [0.2, 0.25) is 0 Å². The van der Waals surface area contributed by atoms with Gasteiger partial charge in [0.15, 0.2) is 11.6 Å². The normalized spacial score (nSPS) is 13.8. The van der Waals surface area contributed by atoms with Gasteiger partial charge < -0.3 is 19.1 Å². The number of hydrogen-bond donors (Lipinski definition) is 0. The van der Waals surface area contributed by atoms with E-state index in [0.29, 0.717) is 18.0 Å². The number of benzene rings is 2. The van der Waals surface area contributed by atoms with Gasteiger partial charge in [0.05, 0.1) is 36.9 Å². The van der Waals surface area contributed by atoms with Crippen LogP contribution in [0.3, 0.4) is 0 Å². The highest BCUT2D eigenvalue weighted by atomic mass is 19.2. The maximum absolute atomic E-state index is 14.1. The molecule has 0 saturated carbocycles. The molecule has 1 heterocycles. The minimum absolute atomic E-state index is 0.0855. The van der Waals surface area contributed by atoms with Crippen LogP contribution in [0.5, 0.6) is 5.75 Å². The molecule has 174 valence electrons. The standard InChI is InChI=1S/C25H25F2NO5/c1-4-31-18-10-8-17(9-11-18)28-14-19(24(29)32-5-2)23(20(15-28)25(30)33-6-3)16-7-12-21(26)22(27)13-16/h7-15,23H,4-6H2,1-3H3. The second-order valence-corrected chi connectivity index (χ2v) is 7.05. The maximum Gasteiger partial charge on any atom is 0.336 e. The van der Waals surface area contributed by atoms with Crippen molar-refractivity contribution in [1.29, 1.82) is 0 Å². The highest BCUT2D eigenvalue weighted by Crippen LogP contribution is 2.39. The number of hydrogen-bond acceptors (Lipinski definition) is 6. The van der Waals surface area contributed by atoms with Gasteiger partial charge >= 0.3 is 11.9 Å². The summed E-state index contributed by atoms with van der Waals surface area (Å²) in [6.45, 7) is 5.89. The summed E-state index contributed by atoms with van der Waals surface area (Å²) in [5.74, 6) is -3.82. The molecule has 0 amide bonds. The second-order valence-electron chi connectivity index (χ2n) is 7.05. The van der Waals surface area contributed by atoms with Gasteiger partial charge in [-0.1, -0.05) is 6.07 Å². The summed E-state index contributed by atoms with van der Waals surface area (Å²) in [5, 5.41) is 0. The molecule has 8 heteroatoms. The van der Waals surface area contributed by atoms with Crippen LogP contribution in [0, 0.1) is 11.6 Å². The smallest absolute Gasteiger partial charge is 0.336 e. The number of carbonyl (C=O) groups excluding carboxylic acids is 2. The van der Waals surface area contributed by atoms with Gasteiger partial charge in [-0.25, -0.2) is 18.4 Å². The number of carbonyl (C=O) groups is 2. The lowest BCUT2D eigenvalue weighted by Gasteiger charge is -2.30. The minimum atomic E-state index is -1.09. The molecule has 0 spiro atoms. The van der Waals surface area contributed by atoms with Gasteiger partial charge in [-0.2, -0.15) is 0 Å². The van der Waals surface area contributed by atoms with Crippen LogP contribution in [0.25, 0.3) is 0 Å². The molecule has 0 bridgehead atoms. The first-order chi connectivity index (χ1) is 15.9. The van der Waals surface area contributed by atoms with Crippen molar-refractivity contribution in [3.8, 4) is 5.75 Å². The fraction of sp³-hybridized carbons (Fsp3) is 0.280. The van der Waals surface area contributed by atoms with Crippen molar-refractivity contribution in [3.63, 3.8) is 0 Å². The molecule has 2 aromatic rings. The predicted molar refractivity (Wildman–Crippen MR) is 119 cm³/mol. The zero-order chi connectivity index (χ0) is 24.0. The molecule has 0 aromatic heterocycles. The largest absolute Gasteiger partial charge is 0.494 e. The molecule has 33 heavy (non-hydrogen) atoms. The van der Waals surface area contributed by atoms with Crippen molar-refractivity contribution in [2.24, 2.45) is 0 Å². The number of esters is 2. The third kappa shape index (κ3) is 5.39. The SMILES string of the molecule is CCOC(=O)C1=CN(c2ccc(OCC)cc2)C=C(C(=O)OCC)C1c1ccc(F)c(F)c1. The first-order valence-corrected chi connectivity index (χ1v) is 10.6. The number of rotatable bonds is 8. The Morgan fingerprint density at radius 1 is 0.818 bits per heavy atom. The van der Waals surface area contributed by atoms with Crippen LogP contribution in [0.4, 0.5) is 14.5 Å². The quantitative estimate of drug-likeness (QED) is 0.528. The van der Waals surface area contributed by atoms with Crippen LogP contribution in [-0.4, -0.2) is 31.8 Å². The molecule has 3 rings (SSSR count). The summed E-state index contributed by atoms with van der Waals surface area (Å²) >= 11 is 0. The van der Waals surface area contributed by atoms with Crippen molar-refractivity contribution < 1.29 is 32.6 Å². The van der Waals surface area contributed by atoms with E-state index < -0.39 is 29.5 Å². The summed E-state index contributed by atoms with van der Waals surface area (Å²) in [6.07, 6.45) is 3.03. The molecule has 2 aromatic carbocycles. The molecular formula is C25H25F2NO5. The summed E-state index contributed by atoms with van der Waals surface area (Å²) < 4.78 is 43.5. The van der Waals surface area contributed by atoms with E-state index in [0.717, 1.165) is 12.1 Å². The Bertz CT molecular complexity index is 1040. The number of ether oxygens (including phenoxy) is 3.